The highest BCUT2D eigenvalue weighted by Crippen LogP contribution is 2.04. The van der Waals surface area contributed by atoms with E-state index in [1.165, 1.54) is 23.8 Å². The molecule has 0 aliphatic carbocycles. The minimum atomic E-state index is -1.27. The van der Waals surface area contributed by atoms with Crippen molar-refractivity contribution in [2.45, 2.75) is 0 Å². The standard InChI is InChI=1S/C7H6N2O4/c10-6(9-13)5-4(7(11)12)2-1-3-8-5/h1-3,13H,(H,9,10)(H,11,12). The van der Waals surface area contributed by atoms with Gasteiger partial charge in [0.1, 0.15) is 5.69 Å². The van der Waals surface area contributed by atoms with Gasteiger partial charge in [-0.25, -0.2) is 10.3 Å². The number of carbonyl (C=O) groups excluding carboxylic acids is 1. The largest absolute Gasteiger partial charge is 0.478 e. The average molecular weight is 182 g/mol. The smallest absolute Gasteiger partial charge is 0.338 e. The zero-order valence-corrected chi connectivity index (χ0v) is 6.39. The van der Waals surface area contributed by atoms with Crippen LogP contribution in [0, 0.1) is 0 Å². The Morgan fingerprint density at radius 2 is 2.15 bits per heavy atom. The van der Waals surface area contributed by atoms with E-state index in [1.54, 1.807) is 0 Å². The van der Waals surface area contributed by atoms with Crippen LogP contribution in [-0.2, 0) is 0 Å². The molecule has 0 aromatic carbocycles. The molecule has 0 aliphatic rings. The fourth-order valence-corrected chi connectivity index (χ4v) is 0.812. The number of aromatic nitrogens is 1. The van der Waals surface area contributed by atoms with E-state index in [0.29, 0.717) is 0 Å². The van der Waals surface area contributed by atoms with Crippen LogP contribution in [0.2, 0.25) is 0 Å². The summed E-state index contributed by atoms with van der Waals surface area (Å²) >= 11 is 0. The van der Waals surface area contributed by atoms with E-state index in [-0.39, 0.29) is 11.3 Å². The van der Waals surface area contributed by atoms with Crippen molar-refractivity contribution in [3.8, 4) is 0 Å². The maximum absolute atomic E-state index is 10.9. The lowest BCUT2D eigenvalue weighted by Crippen LogP contribution is -2.22. The zero-order chi connectivity index (χ0) is 9.84. The van der Waals surface area contributed by atoms with Crippen LogP contribution >= 0.6 is 0 Å². The number of carbonyl (C=O) groups is 2. The van der Waals surface area contributed by atoms with Gasteiger partial charge in [0.05, 0.1) is 5.56 Å². The molecule has 6 heteroatoms. The highest BCUT2D eigenvalue weighted by Gasteiger charge is 2.16. The Kier molecular flexibility index (Phi) is 2.56. The lowest BCUT2D eigenvalue weighted by atomic mass is 10.2. The van der Waals surface area contributed by atoms with Crippen molar-refractivity contribution in [3.63, 3.8) is 0 Å². The zero-order valence-electron chi connectivity index (χ0n) is 6.39. The van der Waals surface area contributed by atoms with Gasteiger partial charge in [-0.2, -0.15) is 0 Å². The minimum Gasteiger partial charge on any atom is -0.478 e. The lowest BCUT2D eigenvalue weighted by Gasteiger charge is -2.00. The van der Waals surface area contributed by atoms with Gasteiger partial charge in [-0.3, -0.25) is 15.0 Å². The maximum atomic E-state index is 10.9. The first kappa shape index (κ1) is 9.14. The number of nitrogens with zero attached hydrogens (tertiary/aromatic N) is 1. The second kappa shape index (κ2) is 3.63. The fourth-order valence-electron chi connectivity index (χ4n) is 0.812. The van der Waals surface area contributed by atoms with Crippen LogP contribution < -0.4 is 5.48 Å². The van der Waals surface area contributed by atoms with Gasteiger partial charge in [-0.05, 0) is 12.1 Å². The Balaban J connectivity index is 3.19. The van der Waals surface area contributed by atoms with E-state index in [4.69, 9.17) is 10.3 Å². The number of aromatic carboxylic acids is 1. The summed E-state index contributed by atoms with van der Waals surface area (Å²) in [6, 6.07) is 2.61. The van der Waals surface area contributed by atoms with Crippen LogP contribution in [0.15, 0.2) is 18.3 Å². The number of amides is 1. The van der Waals surface area contributed by atoms with E-state index in [0.717, 1.165) is 0 Å². The summed E-state index contributed by atoms with van der Waals surface area (Å²) in [6.07, 6.45) is 1.26. The monoisotopic (exact) mass is 182 g/mol. The minimum absolute atomic E-state index is 0.256. The third-order valence-corrected chi connectivity index (χ3v) is 1.35. The van der Waals surface area contributed by atoms with Gasteiger partial charge in [0.2, 0.25) is 0 Å². The van der Waals surface area contributed by atoms with Gasteiger partial charge >= 0.3 is 5.97 Å². The van der Waals surface area contributed by atoms with Gasteiger partial charge in [0, 0.05) is 6.20 Å². The summed E-state index contributed by atoms with van der Waals surface area (Å²) in [5.41, 5.74) is 0.734. The predicted octanol–water partition coefficient (Wildman–Crippen LogP) is -0.101. The van der Waals surface area contributed by atoms with E-state index >= 15 is 0 Å². The number of nitrogens with one attached hydrogen (secondary N) is 1. The Morgan fingerprint density at radius 1 is 1.46 bits per heavy atom. The van der Waals surface area contributed by atoms with E-state index in [1.807, 2.05) is 0 Å². The van der Waals surface area contributed by atoms with Crippen LogP contribution in [0.25, 0.3) is 0 Å². The maximum Gasteiger partial charge on any atom is 0.338 e. The Bertz CT molecular complexity index is 350. The Morgan fingerprint density at radius 3 is 2.69 bits per heavy atom. The molecule has 0 atom stereocenters. The van der Waals surface area contributed by atoms with Crippen LogP contribution in [0.4, 0.5) is 0 Å². The van der Waals surface area contributed by atoms with E-state index < -0.39 is 11.9 Å². The summed E-state index contributed by atoms with van der Waals surface area (Å²) in [6.45, 7) is 0. The molecule has 0 radical (unpaired) electrons. The van der Waals surface area contributed by atoms with Crippen molar-refractivity contribution < 1.29 is 19.9 Å². The SMILES string of the molecule is O=C(O)c1cccnc1C(=O)NO. The van der Waals surface area contributed by atoms with Crippen LogP contribution in [0.1, 0.15) is 20.8 Å². The second-order valence-corrected chi connectivity index (χ2v) is 2.15. The van der Waals surface area contributed by atoms with Crippen molar-refractivity contribution in [2.24, 2.45) is 0 Å². The molecule has 68 valence electrons. The summed E-state index contributed by atoms with van der Waals surface area (Å²) in [7, 11) is 0. The van der Waals surface area contributed by atoms with Gasteiger partial charge in [0.15, 0.2) is 0 Å². The van der Waals surface area contributed by atoms with Gasteiger partial charge in [-0.15, -0.1) is 0 Å². The molecule has 1 aromatic rings. The van der Waals surface area contributed by atoms with Gasteiger partial charge in [0.25, 0.3) is 5.91 Å². The number of rotatable bonds is 2. The molecule has 0 saturated carbocycles. The summed E-state index contributed by atoms with van der Waals surface area (Å²) in [4.78, 5) is 24.9. The molecule has 0 fully saturated rings. The fraction of sp³-hybridized carbons (Fsp3) is 0. The second-order valence-electron chi connectivity index (χ2n) is 2.15. The van der Waals surface area contributed by atoms with Crippen LogP contribution in [0.5, 0.6) is 0 Å². The number of pyridine rings is 1. The molecule has 3 N–H and O–H groups in total. The first-order chi connectivity index (χ1) is 6.16. The molecular formula is C7H6N2O4. The van der Waals surface area contributed by atoms with E-state index in [2.05, 4.69) is 4.98 Å². The molecule has 0 spiro atoms. The first-order valence-corrected chi connectivity index (χ1v) is 3.29. The highest BCUT2D eigenvalue weighted by atomic mass is 16.5. The summed E-state index contributed by atoms with van der Waals surface area (Å²) in [5.74, 6) is -2.22. The van der Waals surface area contributed by atoms with Gasteiger partial charge < -0.3 is 5.11 Å². The molecule has 6 nitrogen and oxygen atoms in total. The average Bonchev–Trinajstić information content (AvgIpc) is 2.16. The number of hydrogen-bond donors (Lipinski definition) is 3. The number of carboxylic acid groups (broad SMARTS) is 1. The topological polar surface area (TPSA) is 99.5 Å². The third-order valence-electron chi connectivity index (χ3n) is 1.35. The quantitative estimate of drug-likeness (QED) is 0.438. The van der Waals surface area contributed by atoms with Crippen molar-refractivity contribution in [1.82, 2.24) is 10.5 Å². The molecule has 1 amide bonds. The lowest BCUT2D eigenvalue weighted by molar-refractivity contribution is 0.0657. The molecule has 13 heavy (non-hydrogen) atoms. The molecule has 0 saturated heterocycles. The van der Waals surface area contributed by atoms with Crippen molar-refractivity contribution in [1.29, 1.82) is 0 Å². The Hall–Kier alpha value is -1.95. The molecular weight excluding hydrogens is 176 g/mol. The summed E-state index contributed by atoms with van der Waals surface area (Å²) in [5, 5.41) is 16.9. The molecule has 0 aliphatic heterocycles. The van der Waals surface area contributed by atoms with Crippen LogP contribution in [0.3, 0.4) is 0 Å². The predicted molar refractivity (Wildman–Crippen MR) is 40.4 cm³/mol. The first-order valence-electron chi connectivity index (χ1n) is 3.29. The molecule has 1 heterocycles. The molecule has 0 unspecified atom stereocenters. The van der Waals surface area contributed by atoms with Crippen LogP contribution in [-0.4, -0.2) is 27.2 Å². The number of hydroxylamine groups is 1. The van der Waals surface area contributed by atoms with E-state index in [9.17, 15) is 9.59 Å². The number of hydrogen-bond acceptors (Lipinski definition) is 4. The van der Waals surface area contributed by atoms with Crippen molar-refractivity contribution in [2.75, 3.05) is 0 Å². The number of carboxylic acids is 1. The molecule has 0 bridgehead atoms. The Labute approximate surface area is 72.8 Å². The molecule has 1 rings (SSSR count). The normalized spacial score (nSPS) is 9.31. The third kappa shape index (κ3) is 1.79. The highest BCUT2D eigenvalue weighted by molar-refractivity contribution is 6.02. The van der Waals surface area contributed by atoms with Crippen molar-refractivity contribution in [3.05, 3.63) is 29.6 Å². The summed E-state index contributed by atoms with van der Waals surface area (Å²) < 4.78 is 0. The molecule has 1 aromatic heterocycles. The van der Waals surface area contributed by atoms with Crippen molar-refractivity contribution >= 4 is 11.9 Å². The van der Waals surface area contributed by atoms with Gasteiger partial charge in [-0.1, -0.05) is 0 Å².